The van der Waals surface area contributed by atoms with Crippen LogP contribution in [0.4, 0.5) is 0 Å². The van der Waals surface area contributed by atoms with E-state index in [1.165, 1.54) is 25.1 Å². The Morgan fingerprint density at radius 3 is 1.92 bits per heavy atom. The van der Waals surface area contributed by atoms with Gasteiger partial charge in [-0.15, -0.1) is 6.58 Å². The predicted octanol–water partition coefficient (Wildman–Crippen LogP) is 2.37. The van der Waals surface area contributed by atoms with E-state index in [0.29, 0.717) is 6.61 Å². The molecule has 2 heterocycles. The van der Waals surface area contributed by atoms with Crippen molar-refractivity contribution in [1.82, 2.24) is 0 Å². The summed E-state index contributed by atoms with van der Waals surface area (Å²) in [7, 11) is -4.03. The Bertz CT molecular complexity index is 992. The summed E-state index contributed by atoms with van der Waals surface area (Å²) in [5.74, 6) is -0.930. The number of hydrogen-bond donors (Lipinski definition) is 0. The van der Waals surface area contributed by atoms with Crippen molar-refractivity contribution in [1.29, 1.82) is 0 Å². The number of aryl methyl sites for hydroxylation is 1. The lowest BCUT2D eigenvalue weighted by molar-refractivity contribution is -0.209. The van der Waals surface area contributed by atoms with E-state index in [0.717, 1.165) is 5.56 Å². The fourth-order valence-corrected chi connectivity index (χ4v) is 4.67. The summed E-state index contributed by atoms with van der Waals surface area (Å²) in [6, 6.07) is 6.27. The van der Waals surface area contributed by atoms with Crippen LogP contribution in [-0.4, -0.2) is 79.7 Å². The number of hydrogen-bond acceptors (Lipinski definition) is 11. The second-order valence-electron chi connectivity index (χ2n) is 8.59. The van der Waals surface area contributed by atoms with Gasteiger partial charge in [0.2, 0.25) is 0 Å². The minimum atomic E-state index is -4.03. The average molecular weight is 545 g/mol. The molecule has 1 unspecified atom stereocenters. The van der Waals surface area contributed by atoms with Crippen LogP contribution in [-0.2, 0) is 52.3 Å². The third kappa shape index (κ3) is 7.82. The van der Waals surface area contributed by atoms with Crippen molar-refractivity contribution in [3.05, 3.63) is 42.5 Å². The highest BCUT2D eigenvalue weighted by Crippen LogP contribution is 2.33. The SMILES string of the molecule is C=CC1(C(=O)OCC)COCOC1.CCOC(=O)C1(C(C)OS(=O)(=O)c2ccc(C)cc2)COCOC1. The van der Waals surface area contributed by atoms with Gasteiger partial charge in [-0.05, 0) is 39.8 Å². The van der Waals surface area contributed by atoms with Crippen molar-refractivity contribution in [2.45, 2.75) is 38.7 Å². The molecule has 2 saturated heterocycles. The minimum Gasteiger partial charge on any atom is -0.465 e. The maximum absolute atomic E-state index is 12.5. The van der Waals surface area contributed by atoms with E-state index in [-0.39, 0.29) is 57.5 Å². The largest absolute Gasteiger partial charge is 0.465 e. The second-order valence-corrected chi connectivity index (χ2v) is 10.2. The van der Waals surface area contributed by atoms with Crippen LogP contribution in [0.15, 0.2) is 41.8 Å². The zero-order chi connectivity index (χ0) is 27.5. The van der Waals surface area contributed by atoms with E-state index in [1.807, 2.05) is 6.92 Å². The molecule has 208 valence electrons. The van der Waals surface area contributed by atoms with E-state index in [9.17, 15) is 18.0 Å². The Labute approximate surface area is 218 Å². The minimum absolute atomic E-state index is 0.0246. The molecule has 1 atom stereocenters. The van der Waals surface area contributed by atoms with Gasteiger partial charge in [0.25, 0.3) is 10.1 Å². The molecular weight excluding hydrogens is 508 g/mol. The number of carbonyl (C=O) groups excluding carboxylic acids is 2. The number of benzene rings is 1. The molecule has 12 heteroatoms. The summed E-state index contributed by atoms with van der Waals surface area (Å²) in [6.07, 6.45) is 0.521. The Hall–Kier alpha value is -2.35. The number of ether oxygens (including phenoxy) is 6. The standard InChI is InChI=1S/C16H22O7S.C9H14O4/c1-4-22-15(17)16(9-20-11-21-10-16)13(3)23-24(18,19)14-7-5-12(2)6-8-14;1-3-9(8(10)13-4-2)5-11-7-12-6-9/h5-8,13H,4,9-11H2,1-3H3;3H,1,4-7H2,2H3. The van der Waals surface area contributed by atoms with Crippen LogP contribution < -0.4 is 0 Å². The molecule has 0 radical (unpaired) electrons. The van der Waals surface area contributed by atoms with Gasteiger partial charge in [-0.2, -0.15) is 8.42 Å². The molecule has 3 rings (SSSR count). The molecule has 37 heavy (non-hydrogen) atoms. The first-order valence-corrected chi connectivity index (χ1v) is 13.3. The molecule has 0 aromatic heterocycles. The molecule has 11 nitrogen and oxygen atoms in total. The van der Waals surface area contributed by atoms with Crippen LogP contribution in [0, 0.1) is 17.8 Å². The van der Waals surface area contributed by atoms with Crippen molar-refractivity contribution in [3.63, 3.8) is 0 Å². The van der Waals surface area contributed by atoms with Crippen molar-refractivity contribution in [2.75, 3.05) is 53.2 Å². The topological polar surface area (TPSA) is 133 Å². The van der Waals surface area contributed by atoms with E-state index >= 15 is 0 Å². The monoisotopic (exact) mass is 544 g/mol. The van der Waals surface area contributed by atoms with Crippen LogP contribution in [0.2, 0.25) is 0 Å². The van der Waals surface area contributed by atoms with E-state index < -0.39 is 33.0 Å². The zero-order valence-corrected chi connectivity index (χ0v) is 22.5. The lowest BCUT2D eigenvalue weighted by atomic mass is 9.84. The van der Waals surface area contributed by atoms with Gasteiger partial charge < -0.3 is 28.4 Å². The number of esters is 2. The molecule has 2 fully saturated rings. The van der Waals surface area contributed by atoms with Gasteiger partial charge in [-0.3, -0.25) is 13.8 Å². The molecule has 0 aliphatic carbocycles. The first-order valence-electron chi connectivity index (χ1n) is 11.9. The molecule has 1 aromatic rings. The van der Waals surface area contributed by atoms with Crippen LogP contribution in [0.1, 0.15) is 26.3 Å². The summed E-state index contributed by atoms with van der Waals surface area (Å²) in [5.41, 5.74) is -1.21. The van der Waals surface area contributed by atoms with Gasteiger partial charge in [-0.1, -0.05) is 23.8 Å². The van der Waals surface area contributed by atoms with Crippen molar-refractivity contribution in [2.24, 2.45) is 10.8 Å². The molecule has 0 saturated carbocycles. The highest BCUT2D eigenvalue weighted by molar-refractivity contribution is 7.86. The second kappa shape index (κ2) is 14.0. The summed E-state index contributed by atoms with van der Waals surface area (Å²) in [6.45, 7) is 11.7. The highest BCUT2D eigenvalue weighted by Gasteiger charge is 2.50. The molecule has 0 N–H and O–H groups in total. The normalized spacial score (nSPS) is 19.5. The van der Waals surface area contributed by atoms with E-state index in [2.05, 4.69) is 6.58 Å². The maximum atomic E-state index is 12.5. The first-order chi connectivity index (χ1) is 17.6. The summed E-state index contributed by atoms with van der Waals surface area (Å²) >= 11 is 0. The molecule has 0 spiro atoms. The Kier molecular flexibility index (Phi) is 11.7. The van der Waals surface area contributed by atoms with E-state index in [4.69, 9.17) is 32.6 Å². The lowest BCUT2D eigenvalue weighted by Gasteiger charge is -2.37. The van der Waals surface area contributed by atoms with Gasteiger partial charge in [-0.25, -0.2) is 0 Å². The molecule has 0 amide bonds. The van der Waals surface area contributed by atoms with Crippen molar-refractivity contribution < 1.29 is 50.6 Å². The molecule has 0 bridgehead atoms. The Balaban J connectivity index is 0.000000312. The molecule has 2 aliphatic heterocycles. The first kappa shape index (κ1) is 30.9. The lowest BCUT2D eigenvalue weighted by Crippen LogP contribution is -2.53. The Morgan fingerprint density at radius 1 is 0.946 bits per heavy atom. The van der Waals surface area contributed by atoms with Crippen molar-refractivity contribution >= 4 is 22.1 Å². The fourth-order valence-electron chi connectivity index (χ4n) is 3.53. The van der Waals surface area contributed by atoms with Gasteiger partial charge in [0, 0.05) is 0 Å². The average Bonchev–Trinajstić information content (AvgIpc) is 2.90. The summed E-state index contributed by atoms with van der Waals surface area (Å²) < 4.78 is 60.7. The van der Waals surface area contributed by atoms with Crippen LogP contribution in [0.3, 0.4) is 0 Å². The van der Waals surface area contributed by atoms with Crippen LogP contribution in [0.25, 0.3) is 0 Å². The molecular formula is C25H36O11S. The van der Waals surface area contributed by atoms with Gasteiger partial charge >= 0.3 is 11.9 Å². The third-order valence-corrected chi connectivity index (χ3v) is 7.28. The van der Waals surface area contributed by atoms with Gasteiger partial charge in [0.05, 0.1) is 50.6 Å². The van der Waals surface area contributed by atoms with E-state index in [1.54, 1.807) is 26.0 Å². The van der Waals surface area contributed by atoms with Crippen LogP contribution >= 0.6 is 0 Å². The maximum Gasteiger partial charge on any atom is 0.320 e. The predicted molar refractivity (Wildman–Crippen MR) is 131 cm³/mol. The third-order valence-electron chi connectivity index (χ3n) is 5.89. The summed E-state index contributed by atoms with van der Waals surface area (Å²) in [5, 5.41) is 0. The van der Waals surface area contributed by atoms with Gasteiger partial charge in [0.15, 0.2) is 0 Å². The summed E-state index contributed by atoms with van der Waals surface area (Å²) in [4.78, 5) is 23.9. The fraction of sp³-hybridized carbons (Fsp3) is 0.600. The zero-order valence-electron chi connectivity index (χ0n) is 21.7. The smallest absolute Gasteiger partial charge is 0.320 e. The van der Waals surface area contributed by atoms with Crippen LogP contribution in [0.5, 0.6) is 0 Å². The molecule has 2 aliphatic rings. The highest BCUT2D eigenvalue weighted by atomic mass is 32.2. The number of carbonyl (C=O) groups is 2. The Morgan fingerprint density at radius 2 is 1.43 bits per heavy atom. The molecule has 1 aromatic carbocycles. The van der Waals surface area contributed by atoms with Crippen molar-refractivity contribution in [3.8, 4) is 0 Å². The van der Waals surface area contributed by atoms with Gasteiger partial charge in [0.1, 0.15) is 24.4 Å². The quantitative estimate of drug-likeness (QED) is 0.258. The number of rotatable bonds is 9.